The lowest BCUT2D eigenvalue weighted by atomic mass is 9.93. The van der Waals surface area contributed by atoms with Crippen molar-refractivity contribution in [2.45, 2.75) is 56.1 Å². The van der Waals surface area contributed by atoms with Crippen LogP contribution in [0, 0.1) is 12.3 Å². The van der Waals surface area contributed by atoms with E-state index >= 15 is 0 Å². The van der Waals surface area contributed by atoms with Crippen LogP contribution in [0.1, 0.15) is 43.2 Å². The summed E-state index contributed by atoms with van der Waals surface area (Å²) in [5.41, 5.74) is 6.72. The van der Waals surface area contributed by atoms with Crippen LogP contribution in [0.15, 0.2) is 42.7 Å². The fourth-order valence-corrected chi connectivity index (χ4v) is 4.44. The number of primary amides is 1. The van der Waals surface area contributed by atoms with E-state index in [1.165, 1.54) is 0 Å². The number of terminal acetylenes is 1. The largest absolute Gasteiger partial charge is 0.370 e. The van der Waals surface area contributed by atoms with E-state index in [4.69, 9.17) is 12.2 Å². The quantitative estimate of drug-likeness (QED) is 0.604. The first-order valence-electron chi connectivity index (χ1n) is 10.9. The fraction of sp³-hybridized carbons (Fsp3) is 0.417. The molecule has 3 N–H and O–H groups in total. The molecule has 2 aliphatic rings. The Morgan fingerprint density at radius 2 is 2.03 bits per heavy atom. The highest BCUT2D eigenvalue weighted by Crippen LogP contribution is 2.50. The molecule has 2 heterocycles. The van der Waals surface area contributed by atoms with Gasteiger partial charge in [-0.3, -0.25) is 19.1 Å². The number of nitrogens with one attached hydrogen (secondary N) is 1. The SMILES string of the molecule is C#C[C@H](CC(N)=O)NC(=O)[C@@H]1CCCN1C(=O)C1(c2ccc(Cn3cccn3)cc2)CC1. The molecular weight excluding hydrogens is 406 g/mol. The van der Waals surface area contributed by atoms with Crippen molar-refractivity contribution in [2.75, 3.05) is 6.54 Å². The topological polar surface area (TPSA) is 110 Å². The fourth-order valence-electron chi connectivity index (χ4n) is 4.44. The predicted octanol–water partition coefficient (Wildman–Crippen LogP) is 0.947. The minimum Gasteiger partial charge on any atom is -0.370 e. The van der Waals surface area contributed by atoms with Gasteiger partial charge in [0.25, 0.3) is 0 Å². The zero-order chi connectivity index (χ0) is 22.7. The smallest absolute Gasteiger partial charge is 0.243 e. The summed E-state index contributed by atoms with van der Waals surface area (Å²) in [6, 6.07) is 8.61. The van der Waals surface area contributed by atoms with Crippen molar-refractivity contribution in [3.63, 3.8) is 0 Å². The molecule has 3 amide bonds. The van der Waals surface area contributed by atoms with Gasteiger partial charge in [-0.2, -0.15) is 5.10 Å². The number of carbonyl (C=O) groups excluding carboxylic acids is 3. The summed E-state index contributed by atoms with van der Waals surface area (Å²) in [4.78, 5) is 39.2. The van der Waals surface area contributed by atoms with Gasteiger partial charge in [-0.05, 0) is 42.9 Å². The molecule has 32 heavy (non-hydrogen) atoms. The van der Waals surface area contributed by atoms with E-state index in [1.54, 1.807) is 11.1 Å². The molecule has 1 aromatic carbocycles. The molecular formula is C24H27N5O3. The summed E-state index contributed by atoms with van der Waals surface area (Å²) in [5.74, 6) is 1.46. The Balaban J connectivity index is 1.45. The third-order valence-electron chi connectivity index (χ3n) is 6.31. The first-order chi connectivity index (χ1) is 15.4. The van der Waals surface area contributed by atoms with E-state index < -0.39 is 23.4 Å². The second kappa shape index (κ2) is 8.87. The van der Waals surface area contributed by atoms with Gasteiger partial charge in [-0.1, -0.05) is 30.2 Å². The van der Waals surface area contributed by atoms with Gasteiger partial charge in [-0.15, -0.1) is 6.42 Å². The van der Waals surface area contributed by atoms with Gasteiger partial charge in [0.1, 0.15) is 6.04 Å². The Hall–Kier alpha value is -3.60. The molecule has 1 aliphatic heterocycles. The highest BCUT2D eigenvalue weighted by atomic mass is 16.2. The minimum absolute atomic E-state index is 0.0119. The van der Waals surface area contributed by atoms with E-state index in [1.807, 2.05) is 41.2 Å². The molecule has 1 aliphatic carbocycles. The molecule has 8 nitrogen and oxygen atoms in total. The van der Waals surface area contributed by atoms with E-state index in [0.29, 0.717) is 19.5 Å². The average molecular weight is 434 g/mol. The molecule has 1 aromatic heterocycles. The van der Waals surface area contributed by atoms with Crippen molar-refractivity contribution >= 4 is 17.7 Å². The molecule has 1 saturated heterocycles. The third kappa shape index (κ3) is 4.37. The molecule has 2 aromatic rings. The number of aromatic nitrogens is 2. The molecule has 0 spiro atoms. The lowest BCUT2D eigenvalue weighted by molar-refractivity contribution is -0.140. The summed E-state index contributed by atoms with van der Waals surface area (Å²) in [7, 11) is 0. The summed E-state index contributed by atoms with van der Waals surface area (Å²) in [6.07, 6.45) is 11.8. The number of amides is 3. The maximum absolute atomic E-state index is 13.5. The van der Waals surface area contributed by atoms with Crippen LogP contribution >= 0.6 is 0 Å². The highest BCUT2D eigenvalue weighted by Gasteiger charge is 2.55. The van der Waals surface area contributed by atoms with Gasteiger partial charge in [0, 0.05) is 18.9 Å². The Kier molecular flexibility index (Phi) is 5.99. The summed E-state index contributed by atoms with van der Waals surface area (Å²) in [6.45, 7) is 1.21. The van der Waals surface area contributed by atoms with Crippen LogP contribution in [-0.4, -0.2) is 51.0 Å². The first kappa shape index (κ1) is 21.6. The van der Waals surface area contributed by atoms with E-state index in [0.717, 1.165) is 30.4 Å². The van der Waals surface area contributed by atoms with Gasteiger partial charge in [-0.25, -0.2) is 0 Å². The lowest BCUT2D eigenvalue weighted by Gasteiger charge is -2.29. The molecule has 0 unspecified atom stereocenters. The van der Waals surface area contributed by atoms with Crippen LogP contribution in [0.2, 0.25) is 0 Å². The van der Waals surface area contributed by atoms with Gasteiger partial charge in [0.05, 0.1) is 24.4 Å². The molecule has 2 atom stereocenters. The number of hydrogen-bond donors (Lipinski definition) is 2. The molecule has 0 radical (unpaired) electrons. The molecule has 1 saturated carbocycles. The van der Waals surface area contributed by atoms with Gasteiger partial charge >= 0.3 is 0 Å². The van der Waals surface area contributed by atoms with Crippen LogP contribution in [-0.2, 0) is 26.3 Å². The Morgan fingerprint density at radius 3 is 2.62 bits per heavy atom. The number of likely N-dealkylation sites (tertiary alicyclic amines) is 1. The number of hydrogen-bond acceptors (Lipinski definition) is 4. The standard InChI is InChI=1S/C24H27N5O3/c1-2-19(15-21(25)30)27-22(31)20-5-3-14-29(20)23(32)24(10-11-24)18-8-6-17(7-9-18)16-28-13-4-12-26-28/h1,4,6-9,12-13,19-20H,3,5,10-11,14-16H2,(H2,25,30)(H,27,31)/t19-,20+/m1/s1. The van der Waals surface area contributed by atoms with Crippen molar-refractivity contribution < 1.29 is 14.4 Å². The minimum atomic E-state index is -0.769. The van der Waals surface area contributed by atoms with Crippen LogP contribution in [0.25, 0.3) is 0 Å². The number of benzene rings is 1. The second-order valence-corrected chi connectivity index (χ2v) is 8.54. The molecule has 0 bridgehead atoms. The number of nitrogens with zero attached hydrogens (tertiary/aromatic N) is 3. The maximum atomic E-state index is 13.5. The average Bonchev–Trinajstić information content (AvgIpc) is 3.18. The Bertz CT molecular complexity index is 1030. The van der Waals surface area contributed by atoms with Crippen LogP contribution < -0.4 is 11.1 Å². The normalized spacial score (nSPS) is 19.7. The summed E-state index contributed by atoms with van der Waals surface area (Å²) in [5, 5.41) is 6.91. The van der Waals surface area contributed by atoms with Gasteiger partial charge in [0.15, 0.2) is 0 Å². The van der Waals surface area contributed by atoms with Crippen molar-refractivity contribution in [3.05, 3.63) is 53.9 Å². The monoisotopic (exact) mass is 433 g/mol. The number of carbonyl (C=O) groups is 3. The second-order valence-electron chi connectivity index (χ2n) is 8.54. The Labute approximate surface area is 187 Å². The van der Waals surface area contributed by atoms with E-state index in [-0.39, 0.29) is 18.2 Å². The first-order valence-corrected chi connectivity index (χ1v) is 10.9. The predicted molar refractivity (Wildman–Crippen MR) is 118 cm³/mol. The van der Waals surface area contributed by atoms with Crippen molar-refractivity contribution in [1.82, 2.24) is 20.0 Å². The van der Waals surface area contributed by atoms with Gasteiger partial charge < -0.3 is 16.0 Å². The van der Waals surface area contributed by atoms with Crippen molar-refractivity contribution in [1.29, 1.82) is 0 Å². The summed E-state index contributed by atoms with van der Waals surface area (Å²) >= 11 is 0. The summed E-state index contributed by atoms with van der Waals surface area (Å²) < 4.78 is 1.85. The zero-order valence-electron chi connectivity index (χ0n) is 17.9. The van der Waals surface area contributed by atoms with Crippen LogP contribution in [0.4, 0.5) is 0 Å². The number of nitrogens with two attached hydrogens (primary N) is 1. The highest BCUT2D eigenvalue weighted by molar-refractivity contribution is 5.96. The third-order valence-corrected chi connectivity index (χ3v) is 6.31. The maximum Gasteiger partial charge on any atom is 0.243 e. The lowest BCUT2D eigenvalue weighted by Crippen LogP contribution is -2.51. The van der Waals surface area contributed by atoms with Gasteiger partial charge in [0.2, 0.25) is 17.7 Å². The zero-order valence-corrected chi connectivity index (χ0v) is 17.9. The van der Waals surface area contributed by atoms with Crippen LogP contribution in [0.3, 0.4) is 0 Å². The molecule has 2 fully saturated rings. The molecule has 4 rings (SSSR count). The number of rotatable bonds is 8. The van der Waals surface area contributed by atoms with Crippen molar-refractivity contribution in [3.8, 4) is 12.3 Å². The van der Waals surface area contributed by atoms with E-state index in [9.17, 15) is 14.4 Å². The molecule has 8 heteroatoms. The molecule has 166 valence electrons. The van der Waals surface area contributed by atoms with Crippen molar-refractivity contribution in [2.24, 2.45) is 5.73 Å². The Morgan fingerprint density at radius 1 is 1.28 bits per heavy atom. The van der Waals surface area contributed by atoms with Crippen LogP contribution in [0.5, 0.6) is 0 Å². The van der Waals surface area contributed by atoms with E-state index in [2.05, 4.69) is 16.3 Å².